The van der Waals surface area contributed by atoms with Gasteiger partial charge in [0.25, 0.3) is 0 Å². The van der Waals surface area contributed by atoms with Gasteiger partial charge in [-0.2, -0.15) is 10.2 Å². The monoisotopic (exact) mass is 296 g/mol. The molecule has 0 aliphatic carbocycles. The number of nitrogen functional groups attached to an aromatic ring is 2. The molecule has 0 unspecified atom stereocenters. The number of pyridine rings is 1. The molecule has 2 heterocycles. The molecule has 0 saturated carbocycles. The van der Waals surface area contributed by atoms with Crippen LogP contribution in [0.3, 0.4) is 0 Å². The number of aryl methyl sites for hydroxylation is 1. The predicted octanol–water partition coefficient (Wildman–Crippen LogP) is 1.81. The van der Waals surface area contributed by atoms with Crippen molar-refractivity contribution in [2.75, 3.05) is 18.1 Å². The van der Waals surface area contributed by atoms with Gasteiger partial charge in [-0.1, -0.05) is 18.2 Å². The summed E-state index contributed by atoms with van der Waals surface area (Å²) in [6, 6.07) is 9.75. The summed E-state index contributed by atoms with van der Waals surface area (Å²) >= 11 is 0. The molecular formula is C16H16N4O2. The Bertz CT molecular complexity index is 767. The van der Waals surface area contributed by atoms with Crippen molar-refractivity contribution in [3.8, 4) is 17.7 Å². The number of ether oxygens (including phenoxy) is 2. The van der Waals surface area contributed by atoms with Crippen molar-refractivity contribution in [1.29, 1.82) is 5.26 Å². The predicted molar refractivity (Wildman–Crippen MR) is 82.6 cm³/mol. The summed E-state index contributed by atoms with van der Waals surface area (Å²) in [4.78, 5) is 4.11. The summed E-state index contributed by atoms with van der Waals surface area (Å²) in [6.07, 6.45) is 0.354. The van der Waals surface area contributed by atoms with E-state index < -0.39 is 0 Å². The van der Waals surface area contributed by atoms with E-state index >= 15 is 0 Å². The molecule has 0 spiro atoms. The zero-order valence-corrected chi connectivity index (χ0v) is 12.2. The molecular weight excluding hydrogens is 280 g/mol. The minimum absolute atomic E-state index is 0.0965. The molecule has 2 aromatic rings. The number of para-hydroxylation sites is 1. The maximum Gasteiger partial charge on any atom is 0.221 e. The number of aromatic nitrogens is 1. The zero-order chi connectivity index (χ0) is 15.7. The van der Waals surface area contributed by atoms with E-state index in [-0.39, 0.29) is 17.5 Å². The van der Waals surface area contributed by atoms with Crippen molar-refractivity contribution in [1.82, 2.24) is 4.98 Å². The first kappa shape index (κ1) is 14.0. The standard InChI is InChI=1S/C16H16N4O2/c1-9-4-2-3-5-13(9)21-8-10-6-11-14(18)12(7-17)15(19)20-16(11)22-10/h2-5,10H,6,8H2,1H3,(H4,18,19,20)/t10-/m0/s1. The van der Waals surface area contributed by atoms with Crippen LogP contribution < -0.4 is 20.9 Å². The second kappa shape index (κ2) is 5.45. The highest BCUT2D eigenvalue weighted by Crippen LogP contribution is 2.35. The van der Waals surface area contributed by atoms with Gasteiger partial charge in [0.1, 0.15) is 35.9 Å². The van der Waals surface area contributed by atoms with E-state index in [9.17, 15) is 0 Å². The summed E-state index contributed by atoms with van der Waals surface area (Å²) in [7, 11) is 0. The lowest BCUT2D eigenvalue weighted by Crippen LogP contribution is -2.22. The molecule has 6 heteroatoms. The lowest BCUT2D eigenvalue weighted by molar-refractivity contribution is 0.144. The Morgan fingerprint density at radius 1 is 1.41 bits per heavy atom. The van der Waals surface area contributed by atoms with Crippen molar-refractivity contribution in [3.05, 3.63) is 41.0 Å². The average Bonchev–Trinajstić information content (AvgIpc) is 2.90. The van der Waals surface area contributed by atoms with Gasteiger partial charge in [-0.25, -0.2) is 0 Å². The second-order valence-electron chi connectivity index (χ2n) is 5.20. The van der Waals surface area contributed by atoms with Crippen LogP contribution in [0.4, 0.5) is 11.5 Å². The molecule has 22 heavy (non-hydrogen) atoms. The quantitative estimate of drug-likeness (QED) is 0.894. The van der Waals surface area contributed by atoms with Gasteiger partial charge in [0.2, 0.25) is 5.88 Å². The summed E-state index contributed by atoms with van der Waals surface area (Å²) in [5.41, 5.74) is 14.0. The van der Waals surface area contributed by atoms with E-state index in [1.54, 1.807) is 0 Å². The second-order valence-corrected chi connectivity index (χ2v) is 5.20. The third-order valence-corrected chi connectivity index (χ3v) is 3.67. The Labute approximate surface area is 128 Å². The number of nitrogens with two attached hydrogens (primary N) is 2. The third kappa shape index (κ3) is 2.37. The molecule has 0 radical (unpaired) electrons. The van der Waals surface area contributed by atoms with Crippen LogP contribution in [0.25, 0.3) is 0 Å². The first-order valence-electron chi connectivity index (χ1n) is 6.93. The molecule has 1 atom stereocenters. The van der Waals surface area contributed by atoms with Gasteiger partial charge in [-0.15, -0.1) is 0 Å². The molecule has 112 valence electrons. The summed E-state index contributed by atoms with van der Waals surface area (Å²) in [6.45, 7) is 2.36. The minimum atomic E-state index is -0.197. The van der Waals surface area contributed by atoms with Crippen LogP contribution >= 0.6 is 0 Å². The van der Waals surface area contributed by atoms with Crippen LogP contribution in [0.2, 0.25) is 0 Å². The van der Waals surface area contributed by atoms with Crippen LogP contribution in [-0.4, -0.2) is 17.7 Å². The number of nitrogens with zero attached hydrogens (tertiary/aromatic N) is 2. The van der Waals surface area contributed by atoms with E-state index in [1.807, 2.05) is 37.3 Å². The number of hydrogen-bond donors (Lipinski definition) is 2. The normalized spacial score (nSPS) is 15.7. The number of anilines is 2. The van der Waals surface area contributed by atoms with Gasteiger partial charge in [0.15, 0.2) is 0 Å². The lowest BCUT2D eigenvalue weighted by atomic mass is 10.1. The highest BCUT2D eigenvalue weighted by atomic mass is 16.5. The van der Waals surface area contributed by atoms with Gasteiger partial charge < -0.3 is 20.9 Å². The van der Waals surface area contributed by atoms with E-state index in [2.05, 4.69) is 4.98 Å². The number of benzene rings is 1. The molecule has 1 aliphatic heterocycles. The van der Waals surface area contributed by atoms with Crippen LogP contribution in [0.5, 0.6) is 11.6 Å². The number of rotatable bonds is 3. The topological polar surface area (TPSA) is 107 Å². The third-order valence-electron chi connectivity index (χ3n) is 3.67. The molecule has 1 aromatic heterocycles. The summed E-state index contributed by atoms with van der Waals surface area (Å²) in [5, 5.41) is 9.06. The Kier molecular flexibility index (Phi) is 3.47. The SMILES string of the molecule is Cc1ccccc1OC[C@@H]1Cc2c(nc(N)c(C#N)c2N)O1. The van der Waals surface area contributed by atoms with Gasteiger partial charge >= 0.3 is 0 Å². The summed E-state index contributed by atoms with van der Waals surface area (Å²) < 4.78 is 11.5. The molecule has 0 fully saturated rings. The lowest BCUT2D eigenvalue weighted by Gasteiger charge is -2.13. The summed E-state index contributed by atoms with van der Waals surface area (Å²) in [5.74, 6) is 1.31. The van der Waals surface area contributed by atoms with Crippen LogP contribution in [0, 0.1) is 18.3 Å². The van der Waals surface area contributed by atoms with Crippen molar-refractivity contribution in [2.24, 2.45) is 0 Å². The van der Waals surface area contributed by atoms with Crippen LogP contribution in [0.1, 0.15) is 16.7 Å². The maximum absolute atomic E-state index is 9.06. The maximum atomic E-state index is 9.06. The molecule has 1 aromatic carbocycles. The Balaban J connectivity index is 1.74. The van der Waals surface area contributed by atoms with Crippen molar-refractivity contribution in [2.45, 2.75) is 19.4 Å². The fraction of sp³-hybridized carbons (Fsp3) is 0.250. The van der Waals surface area contributed by atoms with Gasteiger partial charge in [-0.3, -0.25) is 0 Å². The zero-order valence-electron chi connectivity index (χ0n) is 12.2. The molecule has 0 amide bonds. The van der Waals surface area contributed by atoms with Crippen molar-refractivity contribution in [3.63, 3.8) is 0 Å². The Hall–Kier alpha value is -2.94. The minimum Gasteiger partial charge on any atom is -0.489 e. The molecule has 3 rings (SSSR count). The average molecular weight is 296 g/mol. The van der Waals surface area contributed by atoms with Gasteiger partial charge in [0, 0.05) is 12.0 Å². The first-order valence-corrected chi connectivity index (χ1v) is 6.93. The first-order chi connectivity index (χ1) is 10.6. The van der Waals surface area contributed by atoms with Crippen molar-refractivity contribution < 1.29 is 9.47 Å². The Morgan fingerprint density at radius 2 is 2.18 bits per heavy atom. The molecule has 6 nitrogen and oxygen atoms in total. The van der Waals surface area contributed by atoms with Crippen LogP contribution in [0.15, 0.2) is 24.3 Å². The number of hydrogen-bond acceptors (Lipinski definition) is 6. The van der Waals surface area contributed by atoms with Gasteiger partial charge in [0.05, 0.1) is 5.69 Å². The smallest absolute Gasteiger partial charge is 0.221 e. The van der Waals surface area contributed by atoms with E-state index in [1.165, 1.54) is 0 Å². The molecule has 1 aliphatic rings. The Morgan fingerprint density at radius 3 is 2.91 bits per heavy atom. The molecule has 0 bridgehead atoms. The highest BCUT2D eigenvalue weighted by molar-refractivity contribution is 5.71. The molecule has 0 saturated heterocycles. The van der Waals surface area contributed by atoms with E-state index in [0.717, 1.165) is 16.9 Å². The van der Waals surface area contributed by atoms with Gasteiger partial charge in [-0.05, 0) is 18.6 Å². The van der Waals surface area contributed by atoms with Crippen LogP contribution in [-0.2, 0) is 6.42 Å². The number of fused-ring (bicyclic) bond motifs is 1. The van der Waals surface area contributed by atoms with E-state index in [4.69, 9.17) is 26.2 Å². The highest BCUT2D eigenvalue weighted by Gasteiger charge is 2.29. The van der Waals surface area contributed by atoms with E-state index in [0.29, 0.717) is 24.6 Å². The fourth-order valence-electron chi connectivity index (χ4n) is 2.47. The fourth-order valence-corrected chi connectivity index (χ4v) is 2.47. The number of nitriles is 1. The van der Waals surface area contributed by atoms with Crippen molar-refractivity contribution >= 4 is 11.5 Å². The largest absolute Gasteiger partial charge is 0.489 e. The molecule has 4 N–H and O–H groups in total.